The minimum atomic E-state index is 0.533. The average molecular weight is 268 g/mol. The third kappa shape index (κ3) is 2.88. The molecule has 0 spiro atoms. The van der Waals surface area contributed by atoms with Gasteiger partial charge in [-0.15, -0.1) is 0 Å². The molecular formula is C15H28N2S. The summed E-state index contributed by atoms with van der Waals surface area (Å²) in [6.07, 6.45) is 7.05. The average Bonchev–Trinajstić information content (AvgIpc) is 2.72. The van der Waals surface area contributed by atoms with E-state index in [9.17, 15) is 0 Å². The van der Waals surface area contributed by atoms with E-state index in [-0.39, 0.29) is 0 Å². The maximum Gasteiger partial charge on any atom is 0.0249 e. The minimum absolute atomic E-state index is 0.533. The quantitative estimate of drug-likeness (QED) is 0.829. The van der Waals surface area contributed by atoms with Crippen molar-refractivity contribution in [3.05, 3.63) is 0 Å². The predicted octanol–water partition coefficient (Wildman–Crippen LogP) is 2.73. The van der Waals surface area contributed by atoms with Crippen LogP contribution in [0.4, 0.5) is 0 Å². The molecule has 0 aromatic carbocycles. The van der Waals surface area contributed by atoms with Gasteiger partial charge < -0.3 is 5.32 Å². The number of piperidine rings is 1. The van der Waals surface area contributed by atoms with Gasteiger partial charge >= 0.3 is 0 Å². The molecule has 0 amide bonds. The fraction of sp³-hybridized carbons (Fsp3) is 1.00. The van der Waals surface area contributed by atoms with Crippen molar-refractivity contribution in [1.29, 1.82) is 0 Å². The van der Waals surface area contributed by atoms with Gasteiger partial charge in [-0.05, 0) is 43.4 Å². The van der Waals surface area contributed by atoms with E-state index in [0.29, 0.717) is 5.41 Å². The van der Waals surface area contributed by atoms with Crippen molar-refractivity contribution in [2.75, 3.05) is 24.6 Å². The highest BCUT2D eigenvalue weighted by atomic mass is 32.2. The number of rotatable bonds is 2. The molecule has 1 N–H and O–H groups in total. The molecular weight excluding hydrogens is 240 g/mol. The zero-order valence-electron chi connectivity index (χ0n) is 12.0. The van der Waals surface area contributed by atoms with E-state index >= 15 is 0 Å². The van der Waals surface area contributed by atoms with Crippen LogP contribution in [0.25, 0.3) is 0 Å². The van der Waals surface area contributed by atoms with Crippen LogP contribution in [0.1, 0.15) is 46.0 Å². The molecule has 3 aliphatic heterocycles. The number of thioether (sulfide) groups is 1. The molecule has 3 atom stereocenters. The van der Waals surface area contributed by atoms with Gasteiger partial charge in [0.05, 0.1) is 0 Å². The first-order valence-electron chi connectivity index (χ1n) is 7.72. The highest BCUT2D eigenvalue weighted by Crippen LogP contribution is 2.35. The summed E-state index contributed by atoms with van der Waals surface area (Å²) in [5.41, 5.74) is 0.533. The molecule has 3 unspecified atom stereocenters. The van der Waals surface area contributed by atoms with Crippen LogP contribution in [0.5, 0.6) is 0 Å². The first-order chi connectivity index (χ1) is 8.64. The van der Waals surface area contributed by atoms with E-state index in [1.807, 2.05) is 0 Å². The lowest BCUT2D eigenvalue weighted by Crippen LogP contribution is -2.51. The third-order valence-corrected chi connectivity index (χ3v) is 6.54. The van der Waals surface area contributed by atoms with E-state index in [1.165, 1.54) is 56.7 Å². The Morgan fingerprint density at radius 2 is 2.06 bits per heavy atom. The number of hydrogen-bond acceptors (Lipinski definition) is 3. The molecule has 3 rings (SSSR count). The van der Waals surface area contributed by atoms with Crippen LogP contribution in [0, 0.1) is 5.41 Å². The molecule has 3 heteroatoms. The maximum atomic E-state index is 4.01. The predicted molar refractivity (Wildman–Crippen MR) is 80.3 cm³/mol. The van der Waals surface area contributed by atoms with Crippen molar-refractivity contribution < 1.29 is 0 Å². The van der Waals surface area contributed by atoms with Crippen molar-refractivity contribution in [1.82, 2.24) is 10.2 Å². The van der Waals surface area contributed by atoms with E-state index in [2.05, 4.69) is 35.8 Å². The molecule has 0 saturated carbocycles. The Balaban J connectivity index is 1.56. The first kappa shape index (κ1) is 13.3. The fourth-order valence-corrected chi connectivity index (χ4v) is 5.40. The molecule has 3 saturated heterocycles. The lowest BCUT2D eigenvalue weighted by molar-refractivity contribution is 0.173. The Labute approximate surface area is 116 Å². The van der Waals surface area contributed by atoms with E-state index in [1.54, 1.807) is 0 Å². The summed E-state index contributed by atoms with van der Waals surface area (Å²) in [5, 5.41) is 4.01. The molecule has 0 radical (unpaired) electrons. The van der Waals surface area contributed by atoms with E-state index in [0.717, 1.165) is 18.1 Å². The number of nitrogens with zero attached hydrogens (tertiary/aromatic N) is 1. The van der Waals surface area contributed by atoms with Crippen LogP contribution in [-0.4, -0.2) is 47.6 Å². The van der Waals surface area contributed by atoms with Gasteiger partial charge in [-0.1, -0.05) is 20.3 Å². The van der Waals surface area contributed by atoms with Gasteiger partial charge in [0.15, 0.2) is 0 Å². The van der Waals surface area contributed by atoms with E-state index < -0.39 is 0 Å². The summed E-state index contributed by atoms with van der Waals surface area (Å²) in [4.78, 5) is 2.74. The zero-order valence-corrected chi connectivity index (χ0v) is 12.8. The molecule has 0 aliphatic carbocycles. The SMILES string of the molecule is CC1(C)CSCC(NC2CCN3CCCCC23)C1. The largest absolute Gasteiger partial charge is 0.309 e. The van der Waals surface area contributed by atoms with Crippen molar-refractivity contribution in [2.45, 2.75) is 64.1 Å². The zero-order chi connectivity index (χ0) is 12.6. The third-order valence-electron chi connectivity index (χ3n) is 4.92. The van der Waals surface area contributed by atoms with Crippen LogP contribution >= 0.6 is 11.8 Å². The van der Waals surface area contributed by atoms with Gasteiger partial charge in [0.1, 0.15) is 0 Å². The normalized spacial score (nSPS) is 40.7. The first-order valence-corrected chi connectivity index (χ1v) is 8.87. The number of fused-ring (bicyclic) bond motifs is 1. The van der Waals surface area contributed by atoms with Gasteiger partial charge in [-0.3, -0.25) is 4.90 Å². The van der Waals surface area contributed by atoms with Crippen molar-refractivity contribution >= 4 is 11.8 Å². The molecule has 3 heterocycles. The molecule has 0 aromatic rings. The van der Waals surface area contributed by atoms with Gasteiger partial charge in [-0.25, -0.2) is 0 Å². The highest BCUT2D eigenvalue weighted by Gasteiger charge is 2.38. The van der Waals surface area contributed by atoms with E-state index in [4.69, 9.17) is 0 Å². The van der Waals surface area contributed by atoms with Crippen LogP contribution in [-0.2, 0) is 0 Å². The van der Waals surface area contributed by atoms with Crippen LogP contribution < -0.4 is 5.32 Å². The molecule has 18 heavy (non-hydrogen) atoms. The summed E-state index contributed by atoms with van der Waals surface area (Å²) < 4.78 is 0. The Kier molecular flexibility index (Phi) is 3.93. The summed E-state index contributed by atoms with van der Waals surface area (Å²) in [6.45, 7) is 7.55. The Hall–Kier alpha value is 0.270. The smallest absolute Gasteiger partial charge is 0.0249 e. The second kappa shape index (κ2) is 5.34. The van der Waals surface area contributed by atoms with Gasteiger partial charge in [-0.2, -0.15) is 11.8 Å². The van der Waals surface area contributed by atoms with Gasteiger partial charge in [0.25, 0.3) is 0 Å². The molecule has 2 nitrogen and oxygen atoms in total. The van der Waals surface area contributed by atoms with Crippen LogP contribution in [0.2, 0.25) is 0 Å². The Morgan fingerprint density at radius 1 is 1.17 bits per heavy atom. The molecule has 3 aliphatic rings. The summed E-state index contributed by atoms with van der Waals surface area (Å²) in [5.74, 6) is 2.66. The molecule has 0 aromatic heterocycles. The molecule has 3 fully saturated rings. The standard InChI is InChI=1S/C15H28N2S/c1-15(2)9-12(10-18-11-15)16-13-6-8-17-7-4-3-5-14(13)17/h12-14,16H,3-11H2,1-2H3. The van der Waals surface area contributed by atoms with Crippen LogP contribution in [0.15, 0.2) is 0 Å². The fourth-order valence-electron chi connectivity index (χ4n) is 4.11. The molecule has 0 bridgehead atoms. The topological polar surface area (TPSA) is 15.3 Å². The summed E-state index contributed by atoms with van der Waals surface area (Å²) >= 11 is 2.15. The maximum absolute atomic E-state index is 4.01. The van der Waals surface area contributed by atoms with Crippen LogP contribution in [0.3, 0.4) is 0 Å². The second-order valence-electron chi connectivity index (χ2n) is 7.24. The Morgan fingerprint density at radius 3 is 2.89 bits per heavy atom. The van der Waals surface area contributed by atoms with Crippen molar-refractivity contribution in [2.24, 2.45) is 5.41 Å². The van der Waals surface area contributed by atoms with Gasteiger partial charge in [0.2, 0.25) is 0 Å². The molecule has 104 valence electrons. The lowest BCUT2D eigenvalue weighted by Gasteiger charge is -2.39. The summed E-state index contributed by atoms with van der Waals surface area (Å²) in [6, 6.07) is 2.39. The monoisotopic (exact) mass is 268 g/mol. The number of nitrogens with one attached hydrogen (secondary N) is 1. The summed E-state index contributed by atoms with van der Waals surface area (Å²) in [7, 11) is 0. The number of hydrogen-bond donors (Lipinski definition) is 1. The highest BCUT2D eigenvalue weighted by molar-refractivity contribution is 7.99. The Bertz CT molecular complexity index is 292. The van der Waals surface area contributed by atoms with Crippen molar-refractivity contribution in [3.63, 3.8) is 0 Å². The van der Waals surface area contributed by atoms with Crippen molar-refractivity contribution in [3.8, 4) is 0 Å². The lowest BCUT2D eigenvalue weighted by atomic mass is 9.87. The minimum Gasteiger partial charge on any atom is -0.309 e. The second-order valence-corrected chi connectivity index (χ2v) is 8.27. The van der Waals surface area contributed by atoms with Gasteiger partial charge in [0, 0.05) is 30.4 Å².